The molecule has 0 aliphatic carbocycles. The molecule has 0 atom stereocenters. The Kier molecular flexibility index (Phi) is 3.81. The monoisotopic (exact) mass is 239 g/mol. The topological polar surface area (TPSA) is 47.2 Å². The van der Waals surface area contributed by atoms with Gasteiger partial charge in [-0.05, 0) is 25.1 Å². The molecule has 0 bridgehead atoms. The summed E-state index contributed by atoms with van der Waals surface area (Å²) in [5.74, 6) is -0.281. The minimum atomic E-state index is -0.281. The van der Waals surface area contributed by atoms with Crippen LogP contribution in [0.25, 0.3) is 5.69 Å². The Morgan fingerprint density at radius 2 is 2.06 bits per heavy atom. The molecule has 0 radical (unpaired) electrons. The number of carbonyl (C=O) groups is 1. The summed E-state index contributed by atoms with van der Waals surface area (Å²) in [5.41, 5.74) is 0.962. The number of benzene rings is 1. The molecule has 2 rings (SSSR count). The zero-order valence-corrected chi connectivity index (χ0v) is 10.0. The number of nitrogens with zero attached hydrogens (tertiary/aromatic N) is 3. The minimum Gasteiger partial charge on any atom is -0.267 e. The second-order valence-electron chi connectivity index (χ2n) is 3.62. The van der Waals surface area contributed by atoms with E-state index in [4.69, 9.17) is 0 Å². The summed E-state index contributed by atoms with van der Waals surface area (Å²) in [6, 6.07) is 11.5. The van der Waals surface area contributed by atoms with Crippen LogP contribution in [0.15, 0.2) is 65.9 Å². The van der Waals surface area contributed by atoms with Crippen LogP contribution in [0.5, 0.6) is 0 Å². The number of rotatable bonds is 2. The maximum atomic E-state index is 11.3. The quantitative estimate of drug-likeness (QED) is 0.751. The second-order valence-corrected chi connectivity index (χ2v) is 3.62. The number of carbonyl (C=O) groups excluding carboxylic acids is 1. The first-order valence-electron chi connectivity index (χ1n) is 5.61. The van der Waals surface area contributed by atoms with E-state index in [1.165, 1.54) is 6.08 Å². The number of hydrogen-bond donors (Lipinski definition) is 0. The summed E-state index contributed by atoms with van der Waals surface area (Å²) in [5, 5.41) is 4.76. The highest BCUT2D eigenvalue weighted by molar-refractivity contribution is 5.88. The van der Waals surface area contributed by atoms with Crippen LogP contribution < -0.4 is 5.36 Å². The molecule has 0 unspecified atom stereocenters. The van der Waals surface area contributed by atoms with Crippen LogP contribution in [0.3, 0.4) is 0 Å². The van der Waals surface area contributed by atoms with E-state index in [0.29, 0.717) is 5.36 Å². The standard InChI is InChI=1S/C14H13N3O/c1-2-6-14(18)16-12-9-10-17(15-11-12)13-7-4-3-5-8-13/h2-11H,1H3. The summed E-state index contributed by atoms with van der Waals surface area (Å²) < 4.78 is 1.72. The van der Waals surface area contributed by atoms with Gasteiger partial charge in [0.25, 0.3) is 5.91 Å². The van der Waals surface area contributed by atoms with Crippen LogP contribution in [0.4, 0.5) is 0 Å². The molecule has 1 amide bonds. The molecular formula is C14H13N3O. The lowest BCUT2D eigenvalue weighted by Gasteiger charge is -2.02. The highest BCUT2D eigenvalue weighted by Gasteiger charge is 1.94. The maximum Gasteiger partial charge on any atom is 0.269 e. The van der Waals surface area contributed by atoms with Crippen LogP contribution in [0, 0.1) is 0 Å². The van der Waals surface area contributed by atoms with Crippen LogP contribution >= 0.6 is 0 Å². The predicted molar refractivity (Wildman–Crippen MR) is 68.9 cm³/mol. The smallest absolute Gasteiger partial charge is 0.267 e. The molecule has 4 heteroatoms. The predicted octanol–water partition coefficient (Wildman–Crippen LogP) is 1.88. The van der Waals surface area contributed by atoms with Gasteiger partial charge in [0.15, 0.2) is 0 Å². The zero-order valence-electron chi connectivity index (χ0n) is 10.0. The summed E-state index contributed by atoms with van der Waals surface area (Å²) in [7, 11) is 0. The third-order valence-electron chi connectivity index (χ3n) is 2.27. The fourth-order valence-electron chi connectivity index (χ4n) is 1.46. The van der Waals surface area contributed by atoms with E-state index in [1.807, 2.05) is 30.3 Å². The lowest BCUT2D eigenvalue weighted by molar-refractivity contribution is -0.113. The van der Waals surface area contributed by atoms with E-state index in [0.717, 1.165) is 5.69 Å². The fourth-order valence-corrected chi connectivity index (χ4v) is 1.46. The van der Waals surface area contributed by atoms with E-state index in [-0.39, 0.29) is 5.91 Å². The molecule has 1 aromatic carbocycles. The minimum absolute atomic E-state index is 0.281. The molecule has 2 aromatic rings. The molecule has 1 aromatic heterocycles. The Balaban J connectivity index is 2.29. The number of hydrogen-bond acceptors (Lipinski definition) is 2. The molecule has 18 heavy (non-hydrogen) atoms. The number of para-hydroxylation sites is 1. The van der Waals surface area contributed by atoms with Crippen LogP contribution in [0.2, 0.25) is 0 Å². The van der Waals surface area contributed by atoms with Gasteiger partial charge in [-0.2, -0.15) is 5.10 Å². The third-order valence-corrected chi connectivity index (χ3v) is 2.27. The lowest BCUT2D eigenvalue weighted by atomic mass is 10.3. The van der Waals surface area contributed by atoms with Crippen molar-refractivity contribution < 1.29 is 4.79 Å². The van der Waals surface area contributed by atoms with E-state index in [2.05, 4.69) is 10.1 Å². The van der Waals surface area contributed by atoms with Crippen molar-refractivity contribution in [2.45, 2.75) is 6.92 Å². The third kappa shape index (κ3) is 3.01. The molecular weight excluding hydrogens is 226 g/mol. The maximum absolute atomic E-state index is 11.3. The van der Waals surface area contributed by atoms with Crippen molar-refractivity contribution in [1.29, 1.82) is 0 Å². The molecule has 0 spiro atoms. The SMILES string of the molecule is CC=CC(=O)N=c1ccn(-c2ccccc2)nc1. The van der Waals surface area contributed by atoms with Crippen molar-refractivity contribution in [2.75, 3.05) is 0 Å². The first-order chi connectivity index (χ1) is 8.79. The van der Waals surface area contributed by atoms with Gasteiger partial charge >= 0.3 is 0 Å². The average molecular weight is 239 g/mol. The normalized spacial score (nSPS) is 11.9. The van der Waals surface area contributed by atoms with E-state index < -0.39 is 0 Å². The molecule has 1 heterocycles. The van der Waals surface area contributed by atoms with E-state index in [1.54, 1.807) is 36.1 Å². The Morgan fingerprint density at radius 1 is 1.28 bits per heavy atom. The van der Waals surface area contributed by atoms with Gasteiger partial charge in [-0.1, -0.05) is 24.3 Å². The van der Waals surface area contributed by atoms with Gasteiger partial charge in [0, 0.05) is 12.3 Å². The van der Waals surface area contributed by atoms with E-state index >= 15 is 0 Å². The largest absolute Gasteiger partial charge is 0.269 e. The molecule has 0 saturated heterocycles. The number of amides is 1. The second kappa shape index (κ2) is 5.72. The molecule has 4 nitrogen and oxygen atoms in total. The van der Waals surface area contributed by atoms with Gasteiger partial charge < -0.3 is 0 Å². The Hall–Kier alpha value is -2.49. The van der Waals surface area contributed by atoms with E-state index in [9.17, 15) is 4.79 Å². The molecule has 0 aliphatic rings. The first kappa shape index (κ1) is 12.0. The average Bonchev–Trinajstić information content (AvgIpc) is 2.41. The van der Waals surface area contributed by atoms with Gasteiger partial charge in [-0.15, -0.1) is 0 Å². The Morgan fingerprint density at radius 3 is 2.67 bits per heavy atom. The summed E-state index contributed by atoms with van der Waals surface area (Å²) in [6.45, 7) is 1.78. The lowest BCUT2D eigenvalue weighted by Crippen LogP contribution is -2.10. The summed E-state index contributed by atoms with van der Waals surface area (Å²) >= 11 is 0. The molecule has 0 N–H and O–H groups in total. The summed E-state index contributed by atoms with van der Waals surface area (Å²) in [4.78, 5) is 15.2. The van der Waals surface area contributed by atoms with Gasteiger partial charge in [0.2, 0.25) is 0 Å². The van der Waals surface area contributed by atoms with Crippen molar-refractivity contribution in [3.63, 3.8) is 0 Å². The number of allylic oxidation sites excluding steroid dienone is 1. The van der Waals surface area contributed by atoms with Gasteiger partial charge in [-0.25, -0.2) is 9.67 Å². The van der Waals surface area contributed by atoms with Crippen LogP contribution in [-0.2, 0) is 4.79 Å². The van der Waals surface area contributed by atoms with Gasteiger partial charge in [0.1, 0.15) is 0 Å². The Bertz CT molecular complexity index is 606. The zero-order chi connectivity index (χ0) is 12.8. The number of aromatic nitrogens is 2. The molecule has 0 fully saturated rings. The first-order valence-corrected chi connectivity index (χ1v) is 5.61. The van der Waals surface area contributed by atoms with Crippen molar-refractivity contribution in [3.8, 4) is 5.69 Å². The van der Waals surface area contributed by atoms with Gasteiger partial charge in [0.05, 0.1) is 17.2 Å². The fraction of sp³-hybridized carbons (Fsp3) is 0.0714. The molecule has 90 valence electrons. The van der Waals surface area contributed by atoms with Gasteiger partial charge in [-0.3, -0.25) is 4.79 Å². The molecule has 0 saturated carbocycles. The van der Waals surface area contributed by atoms with Crippen LogP contribution in [-0.4, -0.2) is 15.7 Å². The summed E-state index contributed by atoms with van der Waals surface area (Å²) in [6.07, 6.45) is 6.41. The van der Waals surface area contributed by atoms with Crippen molar-refractivity contribution >= 4 is 5.91 Å². The van der Waals surface area contributed by atoms with Crippen LogP contribution in [0.1, 0.15) is 6.92 Å². The van der Waals surface area contributed by atoms with Crippen molar-refractivity contribution in [3.05, 3.63) is 66.3 Å². The van der Waals surface area contributed by atoms with Crippen molar-refractivity contribution in [2.24, 2.45) is 4.99 Å². The Labute approximate surface area is 105 Å². The van der Waals surface area contributed by atoms with Crippen molar-refractivity contribution in [1.82, 2.24) is 9.78 Å². The highest BCUT2D eigenvalue weighted by Crippen LogP contribution is 2.02. The highest BCUT2D eigenvalue weighted by atomic mass is 16.1. The molecule has 0 aliphatic heterocycles.